The van der Waals surface area contributed by atoms with Crippen LogP contribution in [0.25, 0.3) is 0 Å². The van der Waals surface area contributed by atoms with Crippen LogP contribution in [0.5, 0.6) is 0 Å². The van der Waals surface area contributed by atoms with E-state index in [-0.39, 0.29) is 5.91 Å². The molecule has 0 aromatic rings. The van der Waals surface area contributed by atoms with Crippen LogP contribution in [0.1, 0.15) is 26.2 Å². The maximum atomic E-state index is 11.9. The molecule has 0 radical (unpaired) electrons. The molecular formula is C28H50N2O9S2. The Morgan fingerprint density at radius 1 is 0.732 bits per heavy atom. The van der Waals surface area contributed by atoms with Crippen molar-refractivity contribution in [1.29, 1.82) is 0 Å². The summed E-state index contributed by atoms with van der Waals surface area (Å²) in [7, 11) is 2.98. The highest BCUT2D eigenvalue weighted by Crippen LogP contribution is 2.31. The van der Waals surface area contributed by atoms with Crippen molar-refractivity contribution in [1.82, 2.24) is 5.32 Å². The van der Waals surface area contributed by atoms with Crippen molar-refractivity contribution in [3.63, 3.8) is 0 Å². The molecule has 0 saturated carbocycles. The van der Waals surface area contributed by atoms with Crippen LogP contribution in [-0.2, 0) is 42.7 Å². The van der Waals surface area contributed by atoms with Crippen molar-refractivity contribution in [3.8, 4) is 0 Å². The largest absolute Gasteiger partial charge is 0.379 e. The Bertz CT molecular complexity index is 685. The highest BCUT2D eigenvalue weighted by Gasteiger charge is 2.04. The maximum absolute atomic E-state index is 11.9. The zero-order chi connectivity index (χ0) is 29.3. The number of amides is 1. The molecule has 0 unspecified atom stereocenters. The van der Waals surface area contributed by atoms with Gasteiger partial charge in [0, 0.05) is 32.6 Å². The summed E-state index contributed by atoms with van der Waals surface area (Å²) < 4.78 is 43.7. The number of carbonyl (C=O) groups excluding carboxylic acids is 1. The quantitative estimate of drug-likeness (QED) is 0.0907. The third kappa shape index (κ3) is 28.9. The summed E-state index contributed by atoms with van der Waals surface area (Å²) in [6.07, 6.45) is 10.5. The first-order chi connectivity index (χ1) is 20.3. The van der Waals surface area contributed by atoms with E-state index in [1.807, 2.05) is 18.2 Å². The summed E-state index contributed by atoms with van der Waals surface area (Å²) in [4.78, 5) is 16.2. The van der Waals surface area contributed by atoms with Crippen LogP contribution in [0.2, 0.25) is 0 Å². The molecule has 1 aliphatic heterocycles. The molecule has 238 valence electrons. The van der Waals surface area contributed by atoms with E-state index >= 15 is 0 Å². The van der Waals surface area contributed by atoms with Crippen molar-refractivity contribution in [2.75, 3.05) is 118 Å². The van der Waals surface area contributed by atoms with Crippen LogP contribution in [0, 0.1) is 0 Å². The molecule has 0 saturated heterocycles. The minimum atomic E-state index is -0.0182. The van der Waals surface area contributed by atoms with Gasteiger partial charge < -0.3 is 43.2 Å². The average molecular weight is 623 g/mol. The molecule has 1 N–H and O–H groups in total. The molecule has 0 bridgehead atoms. The van der Waals surface area contributed by atoms with Gasteiger partial charge in [-0.25, -0.2) is 4.99 Å². The molecule has 0 aliphatic carbocycles. The number of ether oxygens (including phenoxy) is 8. The van der Waals surface area contributed by atoms with Crippen molar-refractivity contribution in [3.05, 3.63) is 23.3 Å². The summed E-state index contributed by atoms with van der Waals surface area (Å²) in [5, 5.41) is 3.76. The first-order valence-corrected chi connectivity index (χ1v) is 16.7. The van der Waals surface area contributed by atoms with Gasteiger partial charge >= 0.3 is 0 Å². The lowest BCUT2D eigenvalue weighted by molar-refractivity contribution is -0.118. The molecule has 0 atom stereocenters. The Labute approximate surface area is 253 Å². The van der Waals surface area contributed by atoms with Crippen molar-refractivity contribution < 1.29 is 42.7 Å². The van der Waals surface area contributed by atoms with Crippen molar-refractivity contribution >= 4 is 33.7 Å². The molecule has 1 amide bonds. The highest BCUT2D eigenvalue weighted by molar-refractivity contribution is 8.78. The predicted molar refractivity (Wildman–Crippen MR) is 165 cm³/mol. The second-order valence-electron chi connectivity index (χ2n) is 8.43. The fraction of sp³-hybridized carbons (Fsp3) is 0.786. The molecule has 0 fully saturated rings. The van der Waals surface area contributed by atoms with E-state index in [0.717, 1.165) is 30.9 Å². The van der Waals surface area contributed by atoms with E-state index in [0.29, 0.717) is 111 Å². The van der Waals surface area contributed by atoms with Crippen molar-refractivity contribution in [2.24, 2.45) is 4.99 Å². The summed E-state index contributed by atoms with van der Waals surface area (Å²) in [5.74, 6) is 0.353. The Morgan fingerprint density at radius 3 is 1.76 bits per heavy atom. The summed E-state index contributed by atoms with van der Waals surface area (Å²) in [5.41, 5.74) is 0. The van der Waals surface area contributed by atoms with Crippen LogP contribution in [-0.4, -0.2) is 130 Å². The summed E-state index contributed by atoms with van der Waals surface area (Å²) >= 11 is 0. The van der Waals surface area contributed by atoms with Gasteiger partial charge in [0.1, 0.15) is 5.03 Å². The number of carbonyl (C=O) groups is 1. The molecule has 0 aromatic carbocycles. The normalized spacial score (nSPS) is 13.0. The smallest absolute Gasteiger partial charge is 0.230 e. The van der Waals surface area contributed by atoms with Gasteiger partial charge in [-0.1, -0.05) is 23.8 Å². The maximum Gasteiger partial charge on any atom is 0.230 e. The van der Waals surface area contributed by atoms with Gasteiger partial charge in [-0.3, -0.25) is 4.79 Å². The van der Waals surface area contributed by atoms with Crippen LogP contribution in [0.15, 0.2) is 28.2 Å². The first kappa shape index (κ1) is 38.0. The van der Waals surface area contributed by atoms with Crippen molar-refractivity contribution in [2.45, 2.75) is 26.2 Å². The molecule has 11 nitrogen and oxygen atoms in total. The Balaban J connectivity index is 1.67. The number of aliphatic imine (C=N–C) groups is 1. The number of allylic oxidation sites excluding steroid dienone is 3. The van der Waals surface area contributed by atoms with Gasteiger partial charge in [-0.2, -0.15) is 0 Å². The lowest BCUT2D eigenvalue weighted by Crippen LogP contribution is -2.28. The minimum absolute atomic E-state index is 0.0182. The Hall–Kier alpha value is -1.00. The first-order valence-electron chi connectivity index (χ1n) is 14.4. The SMILES string of the molecule is CCCOCCOCCOCCCOCCOCCOCCOCCOCCNC(=O)CSSC1=CCC=CC=N1. The van der Waals surface area contributed by atoms with E-state index in [1.165, 1.54) is 21.6 Å². The molecule has 13 heteroatoms. The number of rotatable bonds is 31. The molecule has 1 aliphatic rings. The summed E-state index contributed by atoms with van der Waals surface area (Å²) in [6, 6.07) is 0. The molecule has 1 rings (SSSR count). The van der Waals surface area contributed by atoms with Gasteiger partial charge in [-0.15, -0.1) is 0 Å². The zero-order valence-electron chi connectivity index (χ0n) is 24.6. The summed E-state index contributed by atoms with van der Waals surface area (Å²) in [6.45, 7) is 11.6. The number of nitrogens with one attached hydrogen (secondary N) is 1. The van der Waals surface area contributed by atoms with Gasteiger partial charge in [0.25, 0.3) is 0 Å². The molecule has 0 spiro atoms. The average Bonchev–Trinajstić information content (AvgIpc) is 3.25. The van der Waals surface area contributed by atoms with Gasteiger partial charge in [-0.05, 0) is 42.2 Å². The third-order valence-electron chi connectivity index (χ3n) is 4.91. The van der Waals surface area contributed by atoms with E-state index < -0.39 is 0 Å². The monoisotopic (exact) mass is 622 g/mol. The highest BCUT2D eigenvalue weighted by atomic mass is 33.1. The number of nitrogens with zero attached hydrogens (tertiary/aromatic N) is 1. The van der Waals surface area contributed by atoms with Gasteiger partial charge in [0.05, 0.1) is 91.6 Å². The van der Waals surface area contributed by atoms with E-state index in [9.17, 15) is 4.79 Å². The topological polar surface area (TPSA) is 115 Å². The minimum Gasteiger partial charge on any atom is -0.379 e. The van der Waals surface area contributed by atoms with Gasteiger partial charge in [0.2, 0.25) is 5.91 Å². The lowest BCUT2D eigenvalue weighted by atomic mass is 10.4. The number of hydrogen-bond acceptors (Lipinski definition) is 12. The van der Waals surface area contributed by atoms with Crippen LogP contribution >= 0.6 is 21.6 Å². The lowest BCUT2D eigenvalue weighted by Gasteiger charge is -2.09. The standard InChI is InChI=1S/C28H50N2O9S2/c1-2-10-32-14-18-36-19-15-33-11-6-12-34-16-20-37-22-24-39-25-23-38-21-17-35-13-9-29-27(31)26-40-41-28-7-4-3-5-8-30-28/h3,5,7-8H,2,4,6,9-26H2,1H3,(H,29,31). The third-order valence-corrected chi connectivity index (χ3v) is 7.07. The van der Waals surface area contributed by atoms with E-state index in [2.05, 4.69) is 17.2 Å². The van der Waals surface area contributed by atoms with Crippen LogP contribution < -0.4 is 5.32 Å². The van der Waals surface area contributed by atoms with E-state index in [4.69, 9.17) is 37.9 Å². The second-order valence-corrected chi connectivity index (χ2v) is 10.7. The second kappa shape index (κ2) is 31.9. The zero-order valence-corrected chi connectivity index (χ0v) is 26.2. The fourth-order valence-corrected chi connectivity index (χ4v) is 4.77. The Morgan fingerprint density at radius 2 is 1.22 bits per heavy atom. The fourth-order valence-electron chi connectivity index (χ4n) is 2.92. The molecule has 1 heterocycles. The Kier molecular flexibility index (Phi) is 29.6. The molecule has 0 aromatic heterocycles. The van der Waals surface area contributed by atoms with E-state index in [1.54, 1.807) is 6.21 Å². The van der Waals surface area contributed by atoms with Crippen LogP contribution in [0.4, 0.5) is 0 Å². The molecule has 41 heavy (non-hydrogen) atoms. The molecular weight excluding hydrogens is 572 g/mol. The predicted octanol–water partition coefficient (Wildman–Crippen LogP) is 3.29. The van der Waals surface area contributed by atoms with Gasteiger partial charge in [0.15, 0.2) is 0 Å². The number of hydrogen-bond donors (Lipinski definition) is 1. The van der Waals surface area contributed by atoms with Crippen LogP contribution in [0.3, 0.4) is 0 Å².